The molecule has 2 N–H and O–H groups in total. The van der Waals surface area contributed by atoms with Crippen LogP contribution in [-0.4, -0.2) is 53.5 Å². The highest BCUT2D eigenvalue weighted by Crippen LogP contribution is 2.29. The number of hydrogen-bond donors (Lipinski definition) is 1. The lowest BCUT2D eigenvalue weighted by atomic mass is 9.84. The maximum atomic E-state index is 12.7. The SMILES string of the molecule is C[C@@H]1CN2CCC[C@@H]2CN1C(=O)[C@@H]1CCC[C@H](N)C1. The van der Waals surface area contributed by atoms with Crippen LogP contribution in [0.1, 0.15) is 45.4 Å². The number of nitrogens with two attached hydrogens (primary N) is 1. The van der Waals surface area contributed by atoms with E-state index in [2.05, 4.69) is 16.7 Å². The van der Waals surface area contributed by atoms with Crippen molar-refractivity contribution in [1.82, 2.24) is 9.80 Å². The van der Waals surface area contributed by atoms with Gasteiger partial charge in [-0.25, -0.2) is 0 Å². The van der Waals surface area contributed by atoms with E-state index in [0.29, 0.717) is 18.0 Å². The van der Waals surface area contributed by atoms with Gasteiger partial charge < -0.3 is 10.6 Å². The number of carbonyl (C=O) groups is 1. The normalized spacial score (nSPS) is 40.2. The van der Waals surface area contributed by atoms with Crippen molar-refractivity contribution in [3.63, 3.8) is 0 Å². The molecule has 2 heterocycles. The first-order valence-corrected chi connectivity index (χ1v) is 7.95. The van der Waals surface area contributed by atoms with Crippen molar-refractivity contribution in [2.24, 2.45) is 11.7 Å². The van der Waals surface area contributed by atoms with Crippen LogP contribution in [0, 0.1) is 5.92 Å². The minimum Gasteiger partial charge on any atom is -0.337 e. The van der Waals surface area contributed by atoms with Crippen molar-refractivity contribution < 1.29 is 4.79 Å². The Morgan fingerprint density at radius 1 is 1.16 bits per heavy atom. The fourth-order valence-corrected chi connectivity index (χ4v) is 4.18. The number of amides is 1. The van der Waals surface area contributed by atoms with Crippen LogP contribution < -0.4 is 5.73 Å². The molecular weight excluding hydrogens is 238 g/mol. The molecule has 4 heteroatoms. The molecule has 0 radical (unpaired) electrons. The molecule has 0 unspecified atom stereocenters. The molecule has 19 heavy (non-hydrogen) atoms. The average molecular weight is 265 g/mol. The molecule has 3 aliphatic rings. The Kier molecular flexibility index (Phi) is 3.81. The van der Waals surface area contributed by atoms with Crippen LogP contribution in [0.3, 0.4) is 0 Å². The molecule has 0 aromatic rings. The summed E-state index contributed by atoms with van der Waals surface area (Å²) in [7, 11) is 0. The van der Waals surface area contributed by atoms with Gasteiger partial charge in [0.15, 0.2) is 0 Å². The lowest BCUT2D eigenvalue weighted by molar-refractivity contribution is -0.142. The van der Waals surface area contributed by atoms with Crippen LogP contribution in [0.5, 0.6) is 0 Å². The van der Waals surface area contributed by atoms with Gasteiger partial charge in [-0.15, -0.1) is 0 Å². The Labute approximate surface area is 116 Å². The number of hydrogen-bond acceptors (Lipinski definition) is 3. The Morgan fingerprint density at radius 2 is 2.00 bits per heavy atom. The van der Waals surface area contributed by atoms with Gasteiger partial charge in [0.2, 0.25) is 5.91 Å². The van der Waals surface area contributed by atoms with Crippen molar-refractivity contribution >= 4 is 5.91 Å². The van der Waals surface area contributed by atoms with E-state index in [1.165, 1.54) is 19.4 Å². The summed E-state index contributed by atoms with van der Waals surface area (Å²) < 4.78 is 0. The van der Waals surface area contributed by atoms with Crippen LogP contribution in [0.4, 0.5) is 0 Å². The quantitative estimate of drug-likeness (QED) is 0.775. The molecule has 3 fully saturated rings. The smallest absolute Gasteiger partial charge is 0.226 e. The Morgan fingerprint density at radius 3 is 2.79 bits per heavy atom. The van der Waals surface area contributed by atoms with E-state index in [4.69, 9.17) is 5.73 Å². The second-order valence-electron chi connectivity index (χ2n) is 6.75. The first-order chi connectivity index (χ1) is 9.15. The van der Waals surface area contributed by atoms with E-state index >= 15 is 0 Å². The summed E-state index contributed by atoms with van der Waals surface area (Å²) in [6.07, 6.45) is 6.72. The van der Waals surface area contributed by atoms with Crippen molar-refractivity contribution in [3.8, 4) is 0 Å². The summed E-state index contributed by atoms with van der Waals surface area (Å²) in [5.41, 5.74) is 6.03. The topological polar surface area (TPSA) is 49.6 Å². The van der Waals surface area contributed by atoms with E-state index in [1.807, 2.05) is 0 Å². The zero-order valence-corrected chi connectivity index (χ0v) is 12.1. The number of nitrogens with zero attached hydrogens (tertiary/aromatic N) is 2. The van der Waals surface area contributed by atoms with Crippen LogP contribution in [-0.2, 0) is 4.79 Å². The van der Waals surface area contributed by atoms with Gasteiger partial charge in [0.1, 0.15) is 0 Å². The van der Waals surface area contributed by atoms with E-state index in [1.54, 1.807) is 0 Å². The van der Waals surface area contributed by atoms with Gasteiger partial charge in [0.05, 0.1) is 0 Å². The van der Waals surface area contributed by atoms with Crippen molar-refractivity contribution in [2.45, 2.75) is 63.6 Å². The van der Waals surface area contributed by atoms with Gasteiger partial charge >= 0.3 is 0 Å². The number of carbonyl (C=O) groups excluding carboxylic acids is 1. The van der Waals surface area contributed by atoms with Gasteiger partial charge in [-0.1, -0.05) is 6.42 Å². The van der Waals surface area contributed by atoms with Crippen LogP contribution >= 0.6 is 0 Å². The monoisotopic (exact) mass is 265 g/mol. The second kappa shape index (κ2) is 5.41. The molecule has 1 amide bonds. The molecular formula is C15H27N3O. The lowest BCUT2D eigenvalue weighted by Crippen LogP contribution is -2.58. The van der Waals surface area contributed by atoms with E-state index < -0.39 is 0 Å². The first kappa shape index (κ1) is 13.4. The summed E-state index contributed by atoms with van der Waals surface area (Å²) >= 11 is 0. The number of rotatable bonds is 1. The molecule has 1 aliphatic carbocycles. The minimum absolute atomic E-state index is 0.194. The molecule has 4 nitrogen and oxygen atoms in total. The second-order valence-corrected chi connectivity index (χ2v) is 6.75. The molecule has 2 saturated heterocycles. The Balaban J connectivity index is 1.65. The highest BCUT2D eigenvalue weighted by atomic mass is 16.2. The molecule has 0 bridgehead atoms. The zero-order chi connectivity index (χ0) is 13.4. The van der Waals surface area contributed by atoms with Crippen LogP contribution in [0.25, 0.3) is 0 Å². The summed E-state index contributed by atoms with van der Waals surface area (Å²) in [5.74, 6) is 0.577. The number of piperazine rings is 1. The van der Waals surface area contributed by atoms with E-state index in [0.717, 1.165) is 38.8 Å². The maximum Gasteiger partial charge on any atom is 0.226 e. The third-order valence-electron chi connectivity index (χ3n) is 5.28. The highest BCUT2D eigenvalue weighted by molar-refractivity contribution is 5.79. The first-order valence-electron chi connectivity index (χ1n) is 7.95. The molecule has 4 atom stereocenters. The predicted octanol–water partition coefficient (Wildman–Crippen LogP) is 1.20. The van der Waals surface area contributed by atoms with Gasteiger partial charge in [-0.05, 0) is 45.6 Å². The van der Waals surface area contributed by atoms with Gasteiger partial charge in [-0.2, -0.15) is 0 Å². The predicted molar refractivity (Wildman–Crippen MR) is 75.7 cm³/mol. The fourth-order valence-electron chi connectivity index (χ4n) is 4.18. The minimum atomic E-state index is 0.194. The maximum absolute atomic E-state index is 12.7. The fraction of sp³-hybridized carbons (Fsp3) is 0.933. The van der Waals surface area contributed by atoms with Gasteiger partial charge in [0, 0.05) is 37.1 Å². The summed E-state index contributed by atoms with van der Waals surface area (Å²) in [4.78, 5) is 17.5. The Bertz CT molecular complexity index is 346. The molecule has 108 valence electrons. The standard InChI is InChI=1S/C15H27N3O/c1-11-9-17-7-3-6-14(17)10-18(11)15(19)12-4-2-5-13(16)8-12/h11-14H,2-10,16H2,1H3/t11-,12-,13+,14-/m1/s1. The lowest BCUT2D eigenvalue weighted by Gasteiger charge is -2.44. The summed E-state index contributed by atoms with van der Waals surface area (Å²) in [6.45, 7) is 5.45. The molecule has 0 aromatic heterocycles. The van der Waals surface area contributed by atoms with Gasteiger partial charge in [0.25, 0.3) is 0 Å². The van der Waals surface area contributed by atoms with Crippen LogP contribution in [0.2, 0.25) is 0 Å². The highest BCUT2D eigenvalue weighted by Gasteiger charge is 2.39. The summed E-state index contributed by atoms with van der Waals surface area (Å²) in [5, 5.41) is 0. The zero-order valence-electron chi connectivity index (χ0n) is 12.1. The van der Waals surface area contributed by atoms with Crippen molar-refractivity contribution in [1.29, 1.82) is 0 Å². The number of fused-ring (bicyclic) bond motifs is 1. The third kappa shape index (κ3) is 2.65. The summed E-state index contributed by atoms with van der Waals surface area (Å²) in [6, 6.07) is 1.24. The van der Waals surface area contributed by atoms with Gasteiger partial charge in [-0.3, -0.25) is 9.69 Å². The van der Waals surface area contributed by atoms with Crippen LogP contribution in [0.15, 0.2) is 0 Å². The molecule has 0 spiro atoms. The van der Waals surface area contributed by atoms with Crippen molar-refractivity contribution in [2.75, 3.05) is 19.6 Å². The molecule has 3 rings (SSSR count). The molecule has 1 saturated carbocycles. The third-order valence-corrected chi connectivity index (χ3v) is 5.28. The molecule has 0 aromatic carbocycles. The van der Waals surface area contributed by atoms with Crippen molar-refractivity contribution in [3.05, 3.63) is 0 Å². The van der Waals surface area contributed by atoms with E-state index in [9.17, 15) is 4.79 Å². The molecule has 2 aliphatic heterocycles. The Hall–Kier alpha value is -0.610. The average Bonchev–Trinajstić information content (AvgIpc) is 2.84. The largest absolute Gasteiger partial charge is 0.337 e. The van der Waals surface area contributed by atoms with E-state index in [-0.39, 0.29) is 12.0 Å².